The molecule has 3 nitrogen and oxygen atoms in total. The highest BCUT2D eigenvalue weighted by Crippen LogP contribution is 2.34. The van der Waals surface area contributed by atoms with Crippen LogP contribution in [0.4, 0.5) is 5.69 Å². The van der Waals surface area contributed by atoms with Gasteiger partial charge in [0.2, 0.25) is 0 Å². The number of fused-ring (bicyclic) bond motifs is 1. The van der Waals surface area contributed by atoms with Crippen molar-refractivity contribution in [1.29, 1.82) is 0 Å². The molecular weight excluding hydrogens is 238 g/mol. The Balaban J connectivity index is 1.72. The third-order valence-corrected chi connectivity index (χ3v) is 3.41. The Morgan fingerprint density at radius 2 is 2.11 bits per heavy atom. The minimum absolute atomic E-state index is 0.274. The predicted octanol–water partition coefficient (Wildman–Crippen LogP) is 3.13. The number of para-hydroxylation sites is 1. The highest BCUT2D eigenvalue weighted by molar-refractivity contribution is 5.53. The van der Waals surface area contributed by atoms with Crippen molar-refractivity contribution in [2.24, 2.45) is 0 Å². The molecule has 0 saturated carbocycles. The van der Waals surface area contributed by atoms with Gasteiger partial charge in [-0.25, -0.2) is 0 Å². The lowest BCUT2D eigenvalue weighted by Gasteiger charge is -2.13. The van der Waals surface area contributed by atoms with Crippen molar-refractivity contribution in [3.8, 4) is 11.5 Å². The first-order valence-electron chi connectivity index (χ1n) is 6.44. The van der Waals surface area contributed by atoms with Crippen molar-refractivity contribution >= 4 is 5.69 Å². The van der Waals surface area contributed by atoms with E-state index in [9.17, 15) is 0 Å². The summed E-state index contributed by atoms with van der Waals surface area (Å²) in [6.07, 6.45) is 0. The molecular formula is C16H17NO2. The average Bonchev–Trinajstić information content (AvgIpc) is 2.83. The molecule has 1 aliphatic heterocycles. The molecule has 3 heteroatoms. The maximum absolute atomic E-state index is 5.91. The topological polar surface area (TPSA) is 44.5 Å². The van der Waals surface area contributed by atoms with Crippen molar-refractivity contribution < 1.29 is 9.47 Å². The predicted molar refractivity (Wildman–Crippen MR) is 75.8 cm³/mol. The second-order valence-electron chi connectivity index (χ2n) is 4.90. The summed E-state index contributed by atoms with van der Waals surface area (Å²) in [4.78, 5) is 0. The maximum atomic E-state index is 5.91. The number of anilines is 1. The number of hydrogen-bond donors (Lipinski definition) is 1. The lowest BCUT2D eigenvalue weighted by Crippen LogP contribution is -2.12. The molecule has 2 aromatic rings. The lowest BCUT2D eigenvalue weighted by molar-refractivity contribution is 0.249. The molecule has 1 aliphatic rings. The van der Waals surface area contributed by atoms with Gasteiger partial charge in [0.15, 0.2) is 0 Å². The van der Waals surface area contributed by atoms with Crippen molar-refractivity contribution in [2.75, 3.05) is 18.9 Å². The molecule has 0 saturated heterocycles. The van der Waals surface area contributed by atoms with E-state index < -0.39 is 0 Å². The Hall–Kier alpha value is -2.16. The Kier molecular flexibility index (Phi) is 3.03. The fourth-order valence-electron chi connectivity index (χ4n) is 2.32. The molecule has 0 bridgehead atoms. The number of aryl methyl sites for hydroxylation is 1. The van der Waals surface area contributed by atoms with E-state index in [0.717, 1.165) is 17.1 Å². The van der Waals surface area contributed by atoms with E-state index in [-0.39, 0.29) is 5.92 Å². The molecule has 0 fully saturated rings. The van der Waals surface area contributed by atoms with Crippen LogP contribution in [0.1, 0.15) is 17.0 Å². The quantitative estimate of drug-likeness (QED) is 0.857. The van der Waals surface area contributed by atoms with E-state index >= 15 is 0 Å². The van der Waals surface area contributed by atoms with Crippen LogP contribution in [0.15, 0.2) is 42.5 Å². The maximum Gasteiger partial charge on any atom is 0.142 e. The number of ether oxygens (including phenoxy) is 2. The van der Waals surface area contributed by atoms with Gasteiger partial charge in [-0.2, -0.15) is 0 Å². The first kappa shape index (κ1) is 11.9. The van der Waals surface area contributed by atoms with Gasteiger partial charge in [0.1, 0.15) is 11.5 Å². The minimum atomic E-state index is 0.274. The van der Waals surface area contributed by atoms with Gasteiger partial charge in [0.05, 0.1) is 24.8 Å². The molecule has 2 aromatic carbocycles. The van der Waals surface area contributed by atoms with E-state index in [1.807, 2.05) is 43.3 Å². The summed E-state index contributed by atoms with van der Waals surface area (Å²) in [5.41, 5.74) is 8.95. The zero-order chi connectivity index (χ0) is 13.2. The fourth-order valence-corrected chi connectivity index (χ4v) is 2.32. The van der Waals surface area contributed by atoms with Crippen LogP contribution >= 0.6 is 0 Å². The van der Waals surface area contributed by atoms with Crippen molar-refractivity contribution in [3.05, 3.63) is 53.6 Å². The first-order chi connectivity index (χ1) is 9.24. The molecule has 1 unspecified atom stereocenters. The van der Waals surface area contributed by atoms with Gasteiger partial charge in [-0.05, 0) is 30.7 Å². The molecule has 0 radical (unpaired) electrons. The van der Waals surface area contributed by atoms with Gasteiger partial charge in [-0.3, -0.25) is 0 Å². The molecule has 0 spiro atoms. The normalized spacial score (nSPS) is 16.8. The molecule has 19 heavy (non-hydrogen) atoms. The number of benzene rings is 2. The first-order valence-corrected chi connectivity index (χ1v) is 6.44. The monoisotopic (exact) mass is 255 g/mol. The zero-order valence-electron chi connectivity index (χ0n) is 10.9. The molecule has 1 atom stereocenters. The van der Waals surface area contributed by atoms with Crippen LogP contribution in [0, 0.1) is 6.92 Å². The Bertz CT molecular complexity index is 595. The van der Waals surface area contributed by atoms with Crippen LogP contribution < -0.4 is 15.2 Å². The molecule has 0 aliphatic carbocycles. The zero-order valence-corrected chi connectivity index (χ0v) is 10.9. The van der Waals surface area contributed by atoms with Gasteiger partial charge in [-0.1, -0.05) is 24.3 Å². The molecule has 0 amide bonds. The largest absolute Gasteiger partial charge is 0.493 e. The van der Waals surface area contributed by atoms with Gasteiger partial charge in [0, 0.05) is 5.56 Å². The average molecular weight is 255 g/mol. The highest BCUT2D eigenvalue weighted by atomic mass is 16.5. The summed E-state index contributed by atoms with van der Waals surface area (Å²) in [6.45, 7) is 3.29. The Morgan fingerprint density at radius 1 is 1.26 bits per heavy atom. The third-order valence-electron chi connectivity index (χ3n) is 3.41. The van der Waals surface area contributed by atoms with Crippen LogP contribution in [-0.4, -0.2) is 13.2 Å². The molecule has 3 rings (SSSR count). The Morgan fingerprint density at radius 3 is 3.00 bits per heavy atom. The molecule has 1 heterocycles. The van der Waals surface area contributed by atoms with Crippen LogP contribution in [-0.2, 0) is 0 Å². The van der Waals surface area contributed by atoms with Crippen LogP contribution in [0.3, 0.4) is 0 Å². The second-order valence-corrected chi connectivity index (χ2v) is 4.90. The number of rotatable bonds is 3. The van der Waals surface area contributed by atoms with Gasteiger partial charge in [0.25, 0.3) is 0 Å². The second kappa shape index (κ2) is 4.84. The fraction of sp³-hybridized carbons (Fsp3) is 0.250. The highest BCUT2D eigenvalue weighted by Gasteiger charge is 2.24. The summed E-state index contributed by atoms with van der Waals surface area (Å²) in [7, 11) is 0. The van der Waals surface area contributed by atoms with E-state index in [2.05, 4.69) is 6.07 Å². The summed E-state index contributed by atoms with van der Waals surface area (Å²) < 4.78 is 11.5. The van der Waals surface area contributed by atoms with Crippen LogP contribution in [0.5, 0.6) is 11.5 Å². The SMILES string of the molecule is Cc1ccc(N)c(OCC2COc3ccccc32)c1. The molecule has 0 aromatic heterocycles. The van der Waals surface area contributed by atoms with Crippen molar-refractivity contribution in [2.45, 2.75) is 12.8 Å². The number of nitrogens with two attached hydrogens (primary N) is 1. The van der Waals surface area contributed by atoms with E-state index in [1.54, 1.807) is 0 Å². The number of hydrogen-bond acceptors (Lipinski definition) is 3. The van der Waals surface area contributed by atoms with Crippen LogP contribution in [0.25, 0.3) is 0 Å². The third kappa shape index (κ3) is 2.36. The van der Waals surface area contributed by atoms with Crippen LogP contribution in [0.2, 0.25) is 0 Å². The van der Waals surface area contributed by atoms with E-state index in [4.69, 9.17) is 15.2 Å². The molecule has 98 valence electrons. The molecule has 2 N–H and O–H groups in total. The lowest BCUT2D eigenvalue weighted by atomic mass is 10.0. The summed E-state index contributed by atoms with van der Waals surface area (Å²) in [6, 6.07) is 13.9. The smallest absolute Gasteiger partial charge is 0.142 e. The summed E-state index contributed by atoms with van der Waals surface area (Å²) in [5, 5.41) is 0. The van der Waals surface area contributed by atoms with Crippen molar-refractivity contribution in [1.82, 2.24) is 0 Å². The summed E-state index contributed by atoms with van der Waals surface area (Å²) >= 11 is 0. The van der Waals surface area contributed by atoms with E-state index in [0.29, 0.717) is 18.9 Å². The minimum Gasteiger partial charge on any atom is -0.493 e. The number of nitrogen functional groups attached to an aromatic ring is 1. The van der Waals surface area contributed by atoms with Gasteiger partial charge in [-0.15, -0.1) is 0 Å². The Labute approximate surface area is 113 Å². The van der Waals surface area contributed by atoms with E-state index in [1.165, 1.54) is 5.56 Å². The summed E-state index contributed by atoms with van der Waals surface area (Å²) in [5.74, 6) is 1.99. The van der Waals surface area contributed by atoms with Gasteiger partial charge >= 0.3 is 0 Å². The van der Waals surface area contributed by atoms with Gasteiger partial charge < -0.3 is 15.2 Å². The van der Waals surface area contributed by atoms with Crippen molar-refractivity contribution in [3.63, 3.8) is 0 Å². The standard InChI is InChI=1S/C16H17NO2/c1-11-6-7-14(17)16(8-11)19-10-12-9-18-15-5-3-2-4-13(12)15/h2-8,12H,9-10,17H2,1H3.